The summed E-state index contributed by atoms with van der Waals surface area (Å²) in [5, 5.41) is 10.1. The summed E-state index contributed by atoms with van der Waals surface area (Å²) in [4.78, 5) is 10.5. The summed E-state index contributed by atoms with van der Waals surface area (Å²) in [5.41, 5.74) is 1.24. The van der Waals surface area contributed by atoms with Gasteiger partial charge < -0.3 is 4.74 Å². The molecule has 6 heteroatoms. The van der Waals surface area contributed by atoms with Crippen molar-refractivity contribution >= 4 is 33.2 Å². The predicted octanol–water partition coefficient (Wildman–Crippen LogP) is 3.65. The molecule has 0 amide bonds. The fraction of sp³-hybridized carbons (Fsp3) is 0.462. The number of fused-ring (bicyclic) bond motifs is 3. The molecule has 1 aliphatic rings. The van der Waals surface area contributed by atoms with Gasteiger partial charge in [0.25, 0.3) is 0 Å². The minimum Gasteiger partial charge on any atom is -0.372 e. The fourth-order valence-corrected chi connectivity index (χ4v) is 4.06. The Kier molecular flexibility index (Phi) is 3.65. The maximum Gasteiger partial charge on any atom is 0.141 e. The third-order valence-electron chi connectivity index (χ3n) is 3.29. The minimum atomic E-state index is 0.0763. The minimum absolute atomic E-state index is 0.0763. The van der Waals surface area contributed by atoms with E-state index in [-0.39, 0.29) is 6.10 Å². The summed E-state index contributed by atoms with van der Waals surface area (Å²) in [6.07, 6.45) is 5.07. The molecule has 0 radical (unpaired) electrons. The Morgan fingerprint density at radius 3 is 3.26 bits per heavy atom. The zero-order chi connectivity index (χ0) is 13.2. The number of hydrogen-bond donors (Lipinski definition) is 0. The second kappa shape index (κ2) is 5.41. The van der Waals surface area contributed by atoms with Crippen LogP contribution in [0.2, 0.25) is 5.15 Å². The number of ether oxygens (including phenoxy) is 1. The van der Waals surface area contributed by atoms with Crippen LogP contribution in [0.15, 0.2) is 6.33 Å². The number of nitriles is 1. The quantitative estimate of drug-likeness (QED) is 0.640. The largest absolute Gasteiger partial charge is 0.372 e. The summed E-state index contributed by atoms with van der Waals surface area (Å²) in [7, 11) is 0. The predicted molar refractivity (Wildman–Crippen MR) is 74.3 cm³/mol. The zero-order valence-corrected chi connectivity index (χ0v) is 11.8. The van der Waals surface area contributed by atoms with Gasteiger partial charge in [0.1, 0.15) is 16.3 Å². The second-order valence-electron chi connectivity index (χ2n) is 4.45. The average Bonchev–Trinajstić information content (AvgIpc) is 2.80. The smallest absolute Gasteiger partial charge is 0.141 e. The van der Waals surface area contributed by atoms with Crippen LogP contribution >= 0.6 is 22.9 Å². The summed E-state index contributed by atoms with van der Waals surface area (Å²) < 4.78 is 5.82. The summed E-state index contributed by atoms with van der Waals surface area (Å²) in [6.45, 7) is 0.480. The number of aromatic nitrogens is 2. The number of hydrogen-bond acceptors (Lipinski definition) is 5. The van der Waals surface area contributed by atoms with Crippen molar-refractivity contribution in [1.82, 2.24) is 9.97 Å². The number of rotatable bonds is 3. The Balaban J connectivity index is 1.99. The molecule has 0 N–H and O–H groups in total. The molecule has 19 heavy (non-hydrogen) atoms. The van der Waals surface area contributed by atoms with E-state index in [9.17, 15) is 0 Å². The maximum absolute atomic E-state index is 8.58. The van der Waals surface area contributed by atoms with Crippen molar-refractivity contribution in [2.24, 2.45) is 0 Å². The summed E-state index contributed by atoms with van der Waals surface area (Å²) in [5.74, 6) is 0. The van der Waals surface area contributed by atoms with Crippen LogP contribution in [0.5, 0.6) is 0 Å². The lowest BCUT2D eigenvalue weighted by Gasteiger charge is -2.22. The van der Waals surface area contributed by atoms with E-state index in [1.165, 1.54) is 16.8 Å². The first-order valence-electron chi connectivity index (χ1n) is 6.21. The van der Waals surface area contributed by atoms with E-state index in [0.29, 0.717) is 18.2 Å². The molecule has 0 saturated carbocycles. The van der Waals surface area contributed by atoms with E-state index in [4.69, 9.17) is 21.6 Å². The molecule has 98 valence electrons. The fourth-order valence-electron chi connectivity index (χ4n) is 2.48. The Labute approximate surface area is 120 Å². The van der Waals surface area contributed by atoms with Gasteiger partial charge in [0.05, 0.1) is 30.6 Å². The SMILES string of the molecule is N#CCCOC1CCCc2c1sc1ncnc(Cl)c21. The Bertz CT molecular complexity index is 649. The molecule has 4 nitrogen and oxygen atoms in total. The molecule has 1 atom stereocenters. The normalized spacial score (nSPS) is 18.2. The van der Waals surface area contributed by atoms with Crippen LogP contribution in [-0.2, 0) is 11.2 Å². The molecular formula is C13H12ClN3OS. The van der Waals surface area contributed by atoms with Gasteiger partial charge in [-0.1, -0.05) is 11.6 Å². The first-order chi connectivity index (χ1) is 9.31. The van der Waals surface area contributed by atoms with Crippen molar-refractivity contribution in [3.8, 4) is 6.07 Å². The van der Waals surface area contributed by atoms with E-state index >= 15 is 0 Å². The molecule has 0 fully saturated rings. The van der Waals surface area contributed by atoms with Gasteiger partial charge >= 0.3 is 0 Å². The lowest BCUT2D eigenvalue weighted by molar-refractivity contribution is 0.0473. The Hall–Kier alpha value is -1.22. The molecule has 0 saturated heterocycles. The van der Waals surface area contributed by atoms with Crippen LogP contribution in [0.4, 0.5) is 0 Å². The number of halogens is 1. The van der Waals surface area contributed by atoms with Crippen molar-refractivity contribution < 1.29 is 4.74 Å². The topological polar surface area (TPSA) is 58.8 Å². The molecule has 0 bridgehead atoms. The van der Waals surface area contributed by atoms with Crippen molar-refractivity contribution in [1.29, 1.82) is 5.26 Å². The van der Waals surface area contributed by atoms with E-state index < -0.39 is 0 Å². The maximum atomic E-state index is 8.58. The van der Waals surface area contributed by atoms with Gasteiger partial charge in [0.15, 0.2) is 0 Å². The second-order valence-corrected chi connectivity index (χ2v) is 5.84. The van der Waals surface area contributed by atoms with Gasteiger partial charge in [0.2, 0.25) is 0 Å². The van der Waals surface area contributed by atoms with Crippen molar-refractivity contribution in [3.63, 3.8) is 0 Å². The van der Waals surface area contributed by atoms with Gasteiger partial charge in [-0.2, -0.15) is 5.26 Å². The molecule has 1 aliphatic carbocycles. The first kappa shape index (κ1) is 12.8. The van der Waals surface area contributed by atoms with Crippen LogP contribution in [0.1, 0.15) is 35.8 Å². The molecule has 2 aromatic rings. The van der Waals surface area contributed by atoms with Crippen LogP contribution in [0, 0.1) is 11.3 Å². The van der Waals surface area contributed by atoms with E-state index in [1.54, 1.807) is 11.3 Å². The molecule has 0 spiro atoms. The third-order valence-corrected chi connectivity index (χ3v) is 4.81. The Morgan fingerprint density at radius 1 is 1.53 bits per heavy atom. The number of nitrogens with zero attached hydrogens (tertiary/aromatic N) is 3. The van der Waals surface area contributed by atoms with Crippen LogP contribution in [0.25, 0.3) is 10.2 Å². The van der Waals surface area contributed by atoms with E-state index in [1.807, 2.05) is 0 Å². The van der Waals surface area contributed by atoms with Gasteiger partial charge in [0, 0.05) is 4.88 Å². The molecule has 0 aliphatic heterocycles. The van der Waals surface area contributed by atoms with Crippen LogP contribution in [0.3, 0.4) is 0 Å². The lowest BCUT2D eigenvalue weighted by Crippen LogP contribution is -2.11. The van der Waals surface area contributed by atoms with E-state index in [0.717, 1.165) is 29.5 Å². The van der Waals surface area contributed by atoms with Gasteiger partial charge in [-0.05, 0) is 24.8 Å². The van der Waals surface area contributed by atoms with Gasteiger partial charge in [-0.25, -0.2) is 9.97 Å². The summed E-state index contributed by atoms with van der Waals surface area (Å²) >= 11 is 7.82. The highest BCUT2D eigenvalue weighted by atomic mass is 35.5. The van der Waals surface area contributed by atoms with Crippen molar-refractivity contribution in [3.05, 3.63) is 21.9 Å². The molecule has 2 aromatic heterocycles. The van der Waals surface area contributed by atoms with Gasteiger partial charge in [-0.3, -0.25) is 0 Å². The average molecular weight is 294 g/mol. The van der Waals surface area contributed by atoms with Crippen LogP contribution < -0.4 is 0 Å². The molecule has 0 aromatic carbocycles. The molecule has 1 unspecified atom stereocenters. The van der Waals surface area contributed by atoms with E-state index in [2.05, 4.69) is 16.0 Å². The highest BCUT2D eigenvalue weighted by Crippen LogP contribution is 2.43. The standard InChI is InChI=1S/C13H12ClN3OS/c14-12-10-8-3-1-4-9(18-6-2-5-15)11(8)19-13(10)17-7-16-12/h7,9H,1-4,6H2. The monoisotopic (exact) mass is 293 g/mol. The van der Waals surface area contributed by atoms with Crippen LogP contribution in [-0.4, -0.2) is 16.6 Å². The first-order valence-corrected chi connectivity index (χ1v) is 7.41. The molecule has 3 rings (SSSR count). The third kappa shape index (κ3) is 2.32. The zero-order valence-electron chi connectivity index (χ0n) is 10.2. The van der Waals surface area contributed by atoms with Crippen molar-refractivity contribution in [2.45, 2.75) is 31.8 Å². The highest BCUT2D eigenvalue weighted by molar-refractivity contribution is 7.19. The lowest BCUT2D eigenvalue weighted by atomic mass is 9.95. The molecular weight excluding hydrogens is 282 g/mol. The van der Waals surface area contributed by atoms with Crippen molar-refractivity contribution in [2.75, 3.05) is 6.61 Å². The molecule has 2 heterocycles. The number of thiophene rings is 1. The highest BCUT2D eigenvalue weighted by Gasteiger charge is 2.26. The summed E-state index contributed by atoms with van der Waals surface area (Å²) in [6, 6.07) is 2.10. The number of aryl methyl sites for hydroxylation is 1. The van der Waals surface area contributed by atoms with Gasteiger partial charge in [-0.15, -0.1) is 11.3 Å². The Morgan fingerprint density at radius 2 is 2.42 bits per heavy atom.